The molecule has 2 aromatic carbocycles. The molecule has 0 radical (unpaired) electrons. The molecule has 3 heterocycles. The van der Waals surface area contributed by atoms with Crippen LogP contribution in [-0.4, -0.2) is 41.7 Å². The Hall–Kier alpha value is -2.90. The number of benzene rings is 2. The lowest BCUT2D eigenvalue weighted by Gasteiger charge is -2.32. The van der Waals surface area contributed by atoms with Crippen molar-refractivity contribution in [2.24, 2.45) is 0 Å². The van der Waals surface area contributed by atoms with Crippen molar-refractivity contribution in [3.8, 4) is 11.8 Å². The van der Waals surface area contributed by atoms with E-state index >= 15 is 0 Å². The summed E-state index contributed by atoms with van der Waals surface area (Å²) in [6, 6.07) is 9.46. The summed E-state index contributed by atoms with van der Waals surface area (Å²) in [5.74, 6) is 0.539. The maximum absolute atomic E-state index is 13.7. The minimum absolute atomic E-state index is 0.197. The van der Waals surface area contributed by atoms with Gasteiger partial charge in [0.05, 0.1) is 12.1 Å². The molecule has 0 bridgehead atoms. The van der Waals surface area contributed by atoms with Gasteiger partial charge in [-0.2, -0.15) is 0 Å². The number of hydrogen-bond acceptors (Lipinski definition) is 6. The molecule has 0 atom stereocenters. The second kappa shape index (κ2) is 8.92. The summed E-state index contributed by atoms with van der Waals surface area (Å²) in [6.07, 6.45) is 5.41. The first-order valence-corrected chi connectivity index (χ1v) is 11.1. The average molecular weight is 455 g/mol. The van der Waals surface area contributed by atoms with Gasteiger partial charge < -0.3 is 14.4 Å². The van der Waals surface area contributed by atoms with Crippen LogP contribution in [0.1, 0.15) is 23.1 Å². The molecule has 0 N–H and O–H groups in total. The maximum atomic E-state index is 13.7. The number of nitrogens with zero attached hydrogens (tertiary/aromatic N) is 4. The monoisotopic (exact) mass is 454 g/mol. The van der Waals surface area contributed by atoms with Gasteiger partial charge in [0, 0.05) is 61.1 Å². The van der Waals surface area contributed by atoms with Crippen molar-refractivity contribution < 1.29 is 13.9 Å². The summed E-state index contributed by atoms with van der Waals surface area (Å²) >= 11 is 6.67. The highest BCUT2D eigenvalue weighted by Crippen LogP contribution is 2.40. The van der Waals surface area contributed by atoms with E-state index in [0.29, 0.717) is 30.7 Å². The van der Waals surface area contributed by atoms with E-state index in [9.17, 15) is 4.39 Å². The van der Waals surface area contributed by atoms with Crippen LogP contribution in [0.5, 0.6) is 11.8 Å². The van der Waals surface area contributed by atoms with E-state index in [4.69, 9.17) is 21.1 Å². The first-order chi connectivity index (χ1) is 15.6. The zero-order valence-corrected chi connectivity index (χ0v) is 18.6. The Labute approximate surface area is 191 Å². The van der Waals surface area contributed by atoms with Gasteiger partial charge in [0.25, 0.3) is 0 Å². The zero-order chi connectivity index (χ0) is 22.1. The van der Waals surface area contributed by atoms with E-state index < -0.39 is 0 Å². The van der Waals surface area contributed by atoms with Crippen LogP contribution in [0.25, 0.3) is 0 Å². The number of aryl methyl sites for hydroxylation is 1. The number of anilines is 2. The van der Waals surface area contributed by atoms with Crippen molar-refractivity contribution in [3.63, 3.8) is 0 Å². The average Bonchev–Trinajstić information content (AvgIpc) is 3.01. The van der Waals surface area contributed by atoms with Crippen molar-refractivity contribution >= 4 is 23.0 Å². The molecule has 166 valence electrons. The number of fused-ring (bicyclic) bond motifs is 2. The normalized spacial score (nSPS) is 16.0. The van der Waals surface area contributed by atoms with Gasteiger partial charge in [-0.25, -0.2) is 14.4 Å². The highest BCUT2D eigenvalue weighted by molar-refractivity contribution is 6.32. The standard InChI is InChI=1S/C24H24ClFN4O2/c1-31-24-27-12-16(13-28-24)14-29-7-8-32-23-18(15-29)10-20(11-21(23)25)30-6-2-3-17-9-19(26)4-5-22(17)30/h4-5,9-13H,2-3,6-8,14-15H2,1H3. The molecule has 5 rings (SSSR count). The summed E-state index contributed by atoms with van der Waals surface area (Å²) in [5.41, 5.74) is 5.10. The Morgan fingerprint density at radius 1 is 1.12 bits per heavy atom. The number of aromatic nitrogens is 2. The highest BCUT2D eigenvalue weighted by Gasteiger charge is 2.24. The fourth-order valence-corrected chi connectivity index (χ4v) is 4.71. The Morgan fingerprint density at radius 2 is 1.97 bits per heavy atom. The van der Waals surface area contributed by atoms with Gasteiger partial charge in [-0.15, -0.1) is 0 Å². The van der Waals surface area contributed by atoms with E-state index in [1.807, 2.05) is 12.1 Å². The van der Waals surface area contributed by atoms with Gasteiger partial charge in [0.15, 0.2) is 0 Å². The second-order valence-corrected chi connectivity index (χ2v) is 8.49. The summed E-state index contributed by atoms with van der Waals surface area (Å²) < 4.78 is 24.8. The van der Waals surface area contributed by atoms with Gasteiger partial charge in [0.2, 0.25) is 0 Å². The van der Waals surface area contributed by atoms with E-state index in [-0.39, 0.29) is 5.82 Å². The second-order valence-electron chi connectivity index (χ2n) is 8.08. The minimum Gasteiger partial charge on any atom is -0.490 e. The van der Waals surface area contributed by atoms with Crippen LogP contribution in [0, 0.1) is 5.82 Å². The minimum atomic E-state index is -0.197. The Morgan fingerprint density at radius 3 is 2.78 bits per heavy atom. The van der Waals surface area contributed by atoms with Crippen LogP contribution >= 0.6 is 11.6 Å². The number of hydrogen-bond donors (Lipinski definition) is 0. The van der Waals surface area contributed by atoms with E-state index in [1.54, 1.807) is 25.6 Å². The summed E-state index contributed by atoms with van der Waals surface area (Å²) in [6.45, 7) is 3.56. The molecule has 32 heavy (non-hydrogen) atoms. The lowest BCUT2D eigenvalue weighted by Crippen LogP contribution is -2.26. The third kappa shape index (κ3) is 4.23. The molecular formula is C24H24ClFN4O2. The van der Waals surface area contributed by atoms with Gasteiger partial charge >= 0.3 is 6.01 Å². The van der Waals surface area contributed by atoms with Gasteiger partial charge in [0.1, 0.15) is 18.2 Å². The Kier molecular flexibility index (Phi) is 5.85. The smallest absolute Gasteiger partial charge is 0.316 e. The van der Waals surface area contributed by atoms with Crippen LogP contribution < -0.4 is 14.4 Å². The van der Waals surface area contributed by atoms with Gasteiger partial charge in [-0.1, -0.05) is 11.6 Å². The molecule has 6 nitrogen and oxygen atoms in total. The summed E-state index contributed by atoms with van der Waals surface area (Å²) in [5, 5.41) is 0.598. The van der Waals surface area contributed by atoms with Crippen LogP contribution in [0.2, 0.25) is 5.02 Å². The molecule has 0 amide bonds. The molecule has 0 unspecified atom stereocenters. The third-order valence-electron chi connectivity index (χ3n) is 5.90. The van der Waals surface area contributed by atoms with E-state index in [1.165, 1.54) is 6.07 Å². The fraction of sp³-hybridized carbons (Fsp3) is 0.333. The highest BCUT2D eigenvalue weighted by atomic mass is 35.5. The van der Waals surface area contributed by atoms with Crippen molar-refractivity contribution in [2.45, 2.75) is 25.9 Å². The first-order valence-electron chi connectivity index (χ1n) is 10.7. The van der Waals surface area contributed by atoms with Crippen LogP contribution in [-0.2, 0) is 19.5 Å². The first kappa shape index (κ1) is 21.0. The summed E-state index contributed by atoms with van der Waals surface area (Å²) in [7, 11) is 1.55. The third-order valence-corrected chi connectivity index (χ3v) is 6.18. The number of halogens is 2. The number of rotatable bonds is 4. The Bertz CT molecular complexity index is 1130. The summed E-state index contributed by atoms with van der Waals surface area (Å²) in [4.78, 5) is 12.9. The molecule has 2 aliphatic rings. The van der Waals surface area contributed by atoms with Gasteiger partial charge in [-0.3, -0.25) is 4.90 Å². The SMILES string of the molecule is COc1ncc(CN2CCOc3c(Cl)cc(N4CCCc5cc(F)ccc54)cc3C2)cn1. The molecule has 3 aromatic rings. The molecule has 0 saturated carbocycles. The topological polar surface area (TPSA) is 50.7 Å². The van der Waals surface area contributed by atoms with Crippen molar-refractivity contribution in [3.05, 3.63) is 70.3 Å². The van der Waals surface area contributed by atoms with Crippen molar-refractivity contribution in [1.82, 2.24) is 14.9 Å². The van der Waals surface area contributed by atoms with E-state index in [2.05, 4.69) is 25.8 Å². The molecule has 0 aliphatic carbocycles. The predicted octanol–water partition coefficient (Wildman–Crippen LogP) is 4.76. The van der Waals surface area contributed by atoms with Crippen molar-refractivity contribution in [1.29, 1.82) is 0 Å². The molecule has 1 aromatic heterocycles. The van der Waals surface area contributed by atoms with Crippen LogP contribution in [0.4, 0.5) is 15.8 Å². The van der Waals surface area contributed by atoms with Crippen LogP contribution in [0.3, 0.4) is 0 Å². The number of methoxy groups -OCH3 is 1. The van der Waals surface area contributed by atoms with Crippen molar-refractivity contribution in [2.75, 3.05) is 31.7 Å². The quantitative estimate of drug-likeness (QED) is 0.566. The lowest BCUT2D eigenvalue weighted by atomic mass is 10.0. The zero-order valence-electron chi connectivity index (χ0n) is 17.9. The molecule has 2 aliphatic heterocycles. The van der Waals surface area contributed by atoms with Gasteiger partial charge in [-0.05, 0) is 48.7 Å². The van der Waals surface area contributed by atoms with E-state index in [0.717, 1.165) is 59.7 Å². The molecule has 0 saturated heterocycles. The number of ether oxygens (including phenoxy) is 2. The Balaban J connectivity index is 1.43. The predicted molar refractivity (Wildman–Crippen MR) is 121 cm³/mol. The molecular weight excluding hydrogens is 431 g/mol. The maximum Gasteiger partial charge on any atom is 0.316 e. The largest absolute Gasteiger partial charge is 0.490 e. The molecule has 0 spiro atoms. The molecule has 0 fully saturated rings. The fourth-order valence-electron chi connectivity index (χ4n) is 4.42. The lowest BCUT2D eigenvalue weighted by molar-refractivity contribution is 0.219. The molecule has 8 heteroatoms. The van der Waals surface area contributed by atoms with Crippen LogP contribution in [0.15, 0.2) is 42.7 Å².